The van der Waals surface area contributed by atoms with Crippen molar-refractivity contribution in [1.29, 1.82) is 0 Å². The molecule has 1 atom stereocenters. The standard InChI is InChI=1S/C15H26N6/c1-5-8-16-15-20-13-12(17-9-18-13)14(21-15)19-10(4)11(6-2)7-3/h9-11H,5-8H2,1-4H3,(H3,16,17,18,19,20,21). The number of nitrogens with one attached hydrogen (secondary N) is 3. The minimum atomic E-state index is 0.362. The van der Waals surface area contributed by atoms with E-state index >= 15 is 0 Å². The Labute approximate surface area is 126 Å². The van der Waals surface area contributed by atoms with E-state index in [4.69, 9.17) is 0 Å². The molecule has 3 N–H and O–H groups in total. The molecule has 6 nitrogen and oxygen atoms in total. The van der Waals surface area contributed by atoms with Crippen molar-refractivity contribution in [2.45, 2.75) is 53.0 Å². The smallest absolute Gasteiger partial charge is 0.226 e. The molecular formula is C15H26N6. The lowest BCUT2D eigenvalue weighted by atomic mass is 9.95. The van der Waals surface area contributed by atoms with Crippen LogP contribution in [0.5, 0.6) is 0 Å². The zero-order chi connectivity index (χ0) is 15.2. The van der Waals surface area contributed by atoms with Crippen LogP contribution in [0, 0.1) is 5.92 Å². The van der Waals surface area contributed by atoms with Gasteiger partial charge in [-0.3, -0.25) is 0 Å². The van der Waals surface area contributed by atoms with Crippen molar-refractivity contribution < 1.29 is 0 Å². The Hall–Kier alpha value is -1.85. The molecule has 0 aliphatic rings. The van der Waals surface area contributed by atoms with Gasteiger partial charge in [0.15, 0.2) is 11.5 Å². The predicted octanol–water partition coefficient (Wildman–Crippen LogP) is 3.41. The summed E-state index contributed by atoms with van der Waals surface area (Å²) in [7, 11) is 0. The molecule has 0 bridgehead atoms. The first kappa shape index (κ1) is 15.5. The van der Waals surface area contributed by atoms with Crippen LogP contribution in [0.15, 0.2) is 6.33 Å². The predicted molar refractivity (Wildman–Crippen MR) is 87.6 cm³/mol. The lowest BCUT2D eigenvalue weighted by Crippen LogP contribution is -2.26. The molecule has 2 aromatic rings. The van der Waals surface area contributed by atoms with Crippen LogP contribution in [-0.2, 0) is 0 Å². The summed E-state index contributed by atoms with van der Waals surface area (Å²) in [6.45, 7) is 9.64. The van der Waals surface area contributed by atoms with Gasteiger partial charge >= 0.3 is 0 Å². The third kappa shape index (κ3) is 3.62. The molecular weight excluding hydrogens is 264 g/mol. The van der Waals surface area contributed by atoms with E-state index in [2.05, 4.69) is 58.3 Å². The summed E-state index contributed by atoms with van der Waals surface area (Å²) in [6, 6.07) is 0.362. The van der Waals surface area contributed by atoms with E-state index in [9.17, 15) is 0 Å². The van der Waals surface area contributed by atoms with Gasteiger partial charge in [0, 0.05) is 12.6 Å². The topological polar surface area (TPSA) is 78.5 Å². The van der Waals surface area contributed by atoms with E-state index in [-0.39, 0.29) is 0 Å². The van der Waals surface area contributed by atoms with Crippen molar-refractivity contribution in [3.05, 3.63) is 6.33 Å². The SMILES string of the molecule is CCCNc1nc(NC(C)C(CC)CC)c2[nH]cnc2n1. The first-order valence-electron chi connectivity index (χ1n) is 7.91. The number of aromatic amines is 1. The highest BCUT2D eigenvalue weighted by atomic mass is 15.2. The van der Waals surface area contributed by atoms with Crippen LogP contribution in [-0.4, -0.2) is 32.5 Å². The van der Waals surface area contributed by atoms with E-state index in [0.717, 1.165) is 37.1 Å². The van der Waals surface area contributed by atoms with E-state index in [1.54, 1.807) is 6.33 Å². The van der Waals surface area contributed by atoms with Crippen LogP contribution in [0.25, 0.3) is 11.2 Å². The minimum absolute atomic E-state index is 0.362. The van der Waals surface area contributed by atoms with Crippen molar-refractivity contribution in [3.8, 4) is 0 Å². The Morgan fingerprint density at radius 2 is 1.95 bits per heavy atom. The average Bonchev–Trinajstić information content (AvgIpc) is 2.95. The number of H-pyrrole nitrogens is 1. The molecule has 0 aliphatic heterocycles. The van der Waals surface area contributed by atoms with Gasteiger partial charge in [0.05, 0.1) is 6.33 Å². The van der Waals surface area contributed by atoms with Gasteiger partial charge in [0.2, 0.25) is 5.95 Å². The fraction of sp³-hybridized carbons (Fsp3) is 0.667. The van der Waals surface area contributed by atoms with Crippen LogP contribution in [0.1, 0.15) is 47.0 Å². The third-order valence-electron chi connectivity index (χ3n) is 3.94. The fourth-order valence-corrected chi connectivity index (χ4v) is 2.58. The Balaban J connectivity index is 2.26. The number of aromatic nitrogens is 4. The molecule has 0 saturated carbocycles. The van der Waals surface area contributed by atoms with E-state index in [0.29, 0.717) is 23.6 Å². The van der Waals surface area contributed by atoms with Crippen LogP contribution >= 0.6 is 0 Å². The van der Waals surface area contributed by atoms with Crippen molar-refractivity contribution in [2.75, 3.05) is 17.2 Å². The molecule has 1 unspecified atom stereocenters. The van der Waals surface area contributed by atoms with E-state index in [1.165, 1.54) is 0 Å². The zero-order valence-electron chi connectivity index (χ0n) is 13.4. The first-order valence-corrected chi connectivity index (χ1v) is 7.91. The number of nitrogens with zero attached hydrogens (tertiary/aromatic N) is 3. The number of anilines is 2. The lowest BCUT2D eigenvalue weighted by molar-refractivity contribution is 0.437. The molecule has 0 fully saturated rings. The highest BCUT2D eigenvalue weighted by molar-refractivity contribution is 5.83. The Bertz CT molecular complexity index is 560. The van der Waals surface area contributed by atoms with E-state index < -0.39 is 0 Å². The number of hydrogen-bond donors (Lipinski definition) is 3. The number of fused-ring (bicyclic) bond motifs is 1. The molecule has 0 radical (unpaired) electrons. The van der Waals surface area contributed by atoms with Crippen LogP contribution in [0.2, 0.25) is 0 Å². The molecule has 21 heavy (non-hydrogen) atoms. The maximum Gasteiger partial charge on any atom is 0.226 e. The number of rotatable bonds is 8. The normalized spacial score (nSPS) is 12.8. The highest BCUT2D eigenvalue weighted by Crippen LogP contribution is 2.22. The molecule has 0 spiro atoms. The van der Waals surface area contributed by atoms with Gasteiger partial charge in [-0.25, -0.2) is 4.98 Å². The van der Waals surface area contributed by atoms with Crippen LogP contribution < -0.4 is 10.6 Å². The summed E-state index contributed by atoms with van der Waals surface area (Å²) in [5.41, 5.74) is 1.57. The third-order valence-corrected chi connectivity index (χ3v) is 3.94. The molecule has 2 heterocycles. The largest absolute Gasteiger partial charge is 0.365 e. The van der Waals surface area contributed by atoms with Gasteiger partial charge in [-0.15, -0.1) is 0 Å². The Kier molecular flexibility index (Phi) is 5.36. The maximum absolute atomic E-state index is 4.60. The van der Waals surface area contributed by atoms with Crippen LogP contribution in [0.3, 0.4) is 0 Å². The van der Waals surface area contributed by atoms with Gasteiger partial charge in [0.25, 0.3) is 0 Å². The molecule has 116 valence electrons. The molecule has 2 rings (SSSR count). The van der Waals surface area contributed by atoms with E-state index in [1.807, 2.05) is 0 Å². The molecule has 0 amide bonds. The molecule has 0 aliphatic carbocycles. The van der Waals surface area contributed by atoms with Crippen molar-refractivity contribution in [1.82, 2.24) is 19.9 Å². The zero-order valence-corrected chi connectivity index (χ0v) is 13.4. The number of imidazole rings is 1. The molecule has 0 aromatic carbocycles. The summed E-state index contributed by atoms with van der Waals surface area (Å²) in [5, 5.41) is 6.76. The molecule has 0 saturated heterocycles. The fourth-order valence-electron chi connectivity index (χ4n) is 2.58. The van der Waals surface area contributed by atoms with Crippen molar-refractivity contribution in [2.24, 2.45) is 5.92 Å². The molecule has 2 aromatic heterocycles. The van der Waals surface area contributed by atoms with Crippen LogP contribution in [0.4, 0.5) is 11.8 Å². The maximum atomic E-state index is 4.60. The summed E-state index contributed by atoms with van der Waals surface area (Å²) in [5.74, 6) is 2.09. The molecule has 6 heteroatoms. The second kappa shape index (κ2) is 7.24. The Morgan fingerprint density at radius 3 is 2.62 bits per heavy atom. The second-order valence-electron chi connectivity index (χ2n) is 5.43. The average molecular weight is 290 g/mol. The van der Waals surface area contributed by atoms with Gasteiger partial charge in [-0.05, 0) is 19.3 Å². The van der Waals surface area contributed by atoms with Gasteiger partial charge in [-0.1, -0.05) is 33.6 Å². The number of hydrogen-bond acceptors (Lipinski definition) is 5. The quantitative estimate of drug-likeness (QED) is 0.694. The lowest BCUT2D eigenvalue weighted by Gasteiger charge is -2.23. The summed E-state index contributed by atoms with van der Waals surface area (Å²) in [4.78, 5) is 16.4. The van der Waals surface area contributed by atoms with Crippen molar-refractivity contribution >= 4 is 22.9 Å². The second-order valence-corrected chi connectivity index (χ2v) is 5.43. The first-order chi connectivity index (χ1) is 10.2. The van der Waals surface area contributed by atoms with Gasteiger partial charge < -0.3 is 15.6 Å². The summed E-state index contributed by atoms with van der Waals surface area (Å²) < 4.78 is 0. The Morgan fingerprint density at radius 1 is 1.19 bits per heavy atom. The minimum Gasteiger partial charge on any atom is -0.365 e. The highest BCUT2D eigenvalue weighted by Gasteiger charge is 2.17. The van der Waals surface area contributed by atoms with Gasteiger partial charge in [-0.2, -0.15) is 9.97 Å². The monoisotopic (exact) mass is 290 g/mol. The summed E-state index contributed by atoms with van der Waals surface area (Å²) >= 11 is 0. The van der Waals surface area contributed by atoms with Crippen molar-refractivity contribution in [3.63, 3.8) is 0 Å². The summed E-state index contributed by atoms with van der Waals surface area (Å²) in [6.07, 6.45) is 5.01. The van der Waals surface area contributed by atoms with Gasteiger partial charge in [0.1, 0.15) is 5.52 Å².